The topological polar surface area (TPSA) is 134 Å². The third kappa shape index (κ3) is 9.65. The van der Waals surface area contributed by atoms with Crippen LogP contribution in [0.15, 0.2) is 36.4 Å². The van der Waals surface area contributed by atoms with Crippen LogP contribution in [0.3, 0.4) is 0 Å². The summed E-state index contributed by atoms with van der Waals surface area (Å²) in [5, 5.41) is 14.8. The zero-order valence-corrected chi connectivity index (χ0v) is 23.5. The highest BCUT2D eigenvalue weighted by Gasteiger charge is 2.27. The van der Waals surface area contributed by atoms with Crippen molar-refractivity contribution in [3.63, 3.8) is 0 Å². The molecule has 220 valence electrons. The maximum atomic E-state index is 13.8. The summed E-state index contributed by atoms with van der Waals surface area (Å²) in [5.41, 5.74) is 7.76. The Morgan fingerprint density at radius 2 is 1.60 bits per heavy atom. The summed E-state index contributed by atoms with van der Waals surface area (Å²) in [6.45, 7) is 6.23. The molecule has 0 heterocycles. The number of nitrogens with one attached hydrogen (secondary N) is 2. The number of ether oxygens (including phenoxy) is 1. The van der Waals surface area contributed by atoms with Crippen LogP contribution in [0.4, 0.5) is 8.78 Å². The molecule has 0 bridgehead atoms. The summed E-state index contributed by atoms with van der Waals surface area (Å²) in [6, 6.07) is 5.82. The van der Waals surface area contributed by atoms with Gasteiger partial charge in [-0.3, -0.25) is 9.59 Å². The lowest BCUT2D eigenvalue weighted by molar-refractivity contribution is -0.123. The molecule has 3 atom stereocenters. The lowest BCUT2D eigenvalue weighted by Crippen LogP contribution is -2.52. The third-order valence-electron chi connectivity index (χ3n) is 6.27. The molecule has 40 heavy (non-hydrogen) atoms. The number of carbonyl (C=O) groups is 3. The van der Waals surface area contributed by atoms with Crippen LogP contribution in [-0.4, -0.2) is 79.3 Å². The maximum Gasteiger partial charge on any atom is 0.338 e. The Hall–Kier alpha value is -3.41. The van der Waals surface area contributed by atoms with Crippen LogP contribution in [0.2, 0.25) is 0 Å². The lowest BCUT2D eigenvalue weighted by Gasteiger charge is -2.27. The monoisotopic (exact) mass is 562 g/mol. The van der Waals surface area contributed by atoms with Gasteiger partial charge in [0, 0.05) is 44.4 Å². The predicted molar refractivity (Wildman–Crippen MR) is 148 cm³/mol. The average Bonchev–Trinajstić information content (AvgIpc) is 2.90. The number of esters is 1. The van der Waals surface area contributed by atoms with Crippen LogP contribution >= 0.6 is 0 Å². The molecular formula is C29H40F2N4O5. The normalized spacial score (nSPS) is 13.3. The maximum absolute atomic E-state index is 13.8. The predicted octanol–water partition coefficient (Wildman–Crippen LogP) is 2.33. The van der Waals surface area contributed by atoms with Crippen LogP contribution in [0.1, 0.15) is 58.5 Å². The number of nitrogens with zero attached hydrogens (tertiary/aromatic N) is 1. The van der Waals surface area contributed by atoms with Gasteiger partial charge in [0.1, 0.15) is 23.8 Å². The zero-order chi connectivity index (χ0) is 29.8. The lowest BCUT2D eigenvalue weighted by atomic mass is 10.0. The van der Waals surface area contributed by atoms with Gasteiger partial charge in [-0.05, 0) is 67.6 Å². The molecule has 2 aromatic rings. The molecule has 0 aliphatic heterocycles. The highest BCUT2D eigenvalue weighted by molar-refractivity contribution is 5.98. The number of amides is 2. The molecule has 0 radical (unpaired) electrons. The quantitative estimate of drug-likeness (QED) is 0.245. The van der Waals surface area contributed by atoms with Crippen molar-refractivity contribution in [3.05, 3.63) is 70.3 Å². The first-order valence-electron chi connectivity index (χ1n) is 13.4. The average molecular weight is 563 g/mol. The molecule has 0 saturated heterocycles. The molecule has 0 aliphatic carbocycles. The van der Waals surface area contributed by atoms with E-state index in [0.29, 0.717) is 24.2 Å². The van der Waals surface area contributed by atoms with Crippen molar-refractivity contribution in [2.75, 3.05) is 33.3 Å². The number of nitrogens with two attached hydrogens (primary N) is 1. The van der Waals surface area contributed by atoms with Crippen LogP contribution in [0.25, 0.3) is 0 Å². The number of rotatable bonds is 15. The van der Waals surface area contributed by atoms with Gasteiger partial charge in [-0.1, -0.05) is 13.8 Å². The van der Waals surface area contributed by atoms with Gasteiger partial charge in [0.25, 0.3) is 5.91 Å². The van der Waals surface area contributed by atoms with Crippen molar-refractivity contribution in [1.82, 2.24) is 15.5 Å². The van der Waals surface area contributed by atoms with E-state index in [2.05, 4.69) is 10.6 Å². The molecule has 9 nitrogen and oxygen atoms in total. The van der Waals surface area contributed by atoms with Crippen LogP contribution in [0, 0.1) is 18.6 Å². The van der Waals surface area contributed by atoms with Gasteiger partial charge in [0.15, 0.2) is 0 Å². The van der Waals surface area contributed by atoms with Crippen molar-refractivity contribution in [2.45, 2.75) is 58.2 Å². The number of aliphatic hydroxyl groups excluding tert-OH is 1. The second kappa shape index (κ2) is 16.0. The number of hydrogen-bond acceptors (Lipinski definition) is 7. The van der Waals surface area contributed by atoms with E-state index >= 15 is 0 Å². The summed E-state index contributed by atoms with van der Waals surface area (Å²) >= 11 is 0. The van der Waals surface area contributed by atoms with E-state index in [1.165, 1.54) is 13.1 Å². The molecule has 2 rings (SSSR count). The van der Waals surface area contributed by atoms with Gasteiger partial charge in [-0.15, -0.1) is 0 Å². The van der Waals surface area contributed by atoms with E-state index in [9.17, 15) is 28.3 Å². The molecule has 11 heteroatoms. The van der Waals surface area contributed by atoms with E-state index in [1.54, 1.807) is 24.0 Å². The minimum atomic E-state index is -1.06. The SMILES string of the molecule is CCCN(CCC)C(=O)c1cc(C)cc(C(=O)O[C@H](CN[C@@H](CO)C(=O)NC)[C@@H](N)Cc2cc(F)cc(F)c2)c1. The van der Waals surface area contributed by atoms with Gasteiger partial charge in [-0.2, -0.15) is 0 Å². The minimum Gasteiger partial charge on any atom is -0.456 e. The van der Waals surface area contributed by atoms with Crippen molar-refractivity contribution < 1.29 is 33.0 Å². The Balaban J connectivity index is 2.32. The number of aryl methyl sites for hydroxylation is 1. The molecular weight excluding hydrogens is 522 g/mol. The molecule has 0 saturated carbocycles. The highest BCUT2D eigenvalue weighted by atomic mass is 19.1. The molecule has 0 aromatic heterocycles. The van der Waals surface area contributed by atoms with E-state index in [-0.39, 0.29) is 30.0 Å². The van der Waals surface area contributed by atoms with E-state index < -0.39 is 48.3 Å². The molecule has 2 aromatic carbocycles. The number of benzene rings is 2. The van der Waals surface area contributed by atoms with E-state index in [0.717, 1.165) is 31.0 Å². The Morgan fingerprint density at radius 1 is 1.00 bits per heavy atom. The van der Waals surface area contributed by atoms with Crippen molar-refractivity contribution in [1.29, 1.82) is 0 Å². The minimum absolute atomic E-state index is 0.0430. The molecule has 0 aliphatic rings. The molecule has 0 spiro atoms. The van der Waals surface area contributed by atoms with E-state index in [1.807, 2.05) is 13.8 Å². The Kier molecular flexibility index (Phi) is 13.1. The molecule has 0 unspecified atom stereocenters. The van der Waals surface area contributed by atoms with Gasteiger partial charge >= 0.3 is 5.97 Å². The third-order valence-corrected chi connectivity index (χ3v) is 6.27. The van der Waals surface area contributed by atoms with Crippen LogP contribution in [0.5, 0.6) is 0 Å². The summed E-state index contributed by atoms with van der Waals surface area (Å²) in [5.74, 6) is -2.99. The van der Waals surface area contributed by atoms with Crippen molar-refractivity contribution in [3.8, 4) is 0 Å². The first-order valence-corrected chi connectivity index (χ1v) is 13.4. The highest BCUT2D eigenvalue weighted by Crippen LogP contribution is 2.17. The fraction of sp³-hybridized carbons (Fsp3) is 0.483. The largest absolute Gasteiger partial charge is 0.456 e. The molecule has 2 amide bonds. The summed E-state index contributed by atoms with van der Waals surface area (Å²) in [6.07, 6.45) is 0.477. The Labute approximate surface area is 234 Å². The summed E-state index contributed by atoms with van der Waals surface area (Å²) in [7, 11) is 1.41. The van der Waals surface area contributed by atoms with E-state index in [4.69, 9.17) is 10.5 Å². The van der Waals surface area contributed by atoms with Crippen LogP contribution in [-0.2, 0) is 16.0 Å². The number of hydrogen-bond donors (Lipinski definition) is 4. The number of carbonyl (C=O) groups excluding carboxylic acids is 3. The van der Waals surface area contributed by atoms with Gasteiger partial charge in [-0.25, -0.2) is 13.6 Å². The Bertz CT molecular complexity index is 1140. The standard InChI is InChI=1S/C29H40F2N4O5/c1-5-7-35(8-6-2)28(38)20-9-18(3)10-21(14-20)29(39)40-26(16-34-25(17-36)27(37)33-4)24(32)13-19-11-22(30)15-23(31)12-19/h9-12,14-15,24-26,34,36H,5-8,13,16-17,32H2,1-4H3,(H,33,37)/t24-,25-,26+/m0/s1. The fourth-order valence-corrected chi connectivity index (χ4v) is 4.35. The smallest absolute Gasteiger partial charge is 0.338 e. The number of likely N-dealkylation sites (N-methyl/N-ethyl adjacent to an activating group) is 1. The molecule has 5 N–H and O–H groups in total. The Morgan fingerprint density at radius 3 is 2.15 bits per heavy atom. The van der Waals surface area contributed by atoms with Crippen molar-refractivity contribution in [2.24, 2.45) is 5.73 Å². The van der Waals surface area contributed by atoms with Crippen molar-refractivity contribution >= 4 is 17.8 Å². The molecule has 0 fully saturated rings. The zero-order valence-electron chi connectivity index (χ0n) is 23.5. The summed E-state index contributed by atoms with van der Waals surface area (Å²) < 4.78 is 33.2. The first kappa shape index (κ1) is 32.8. The van der Waals surface area contributed by atoms with Gasteiger partial charge in [0.05, 0.1) is 12.2 Å². The second-order valence-corrected chi connectivity index (χ2v) is 9.73. The fourth-order valence-electron chi connectivity index (χ4n) is 4.35. The number of halogens is 2. The number of aliphatic hydroxyl groups is 1. The summed E-state index contributed by atoms with van der Waals surface area (Å²) in [4.78, 5) is 40.2. The second-order valence-electron chi connectivity index (χ2n) is 9.73. The van der Waals surface area contributed by atoms with Gasteiger partial charge < -0.3 is 31.1 Å². The van der Waals surface area contributed by atoms with Crippen LogP contribution < -0.4 is 16.4 Å². The first-order chi connectivity index (χ1) is 19.0. The van der Waals surface area contributed by atoms with Gasteiger partial charge in [0.2, 0.25) is 5.91 Å².